The lowest BCUT2D eigenvalue weighted by molar-refractivity contribution is -0.146. The van der Waals surface area contributed by atoms with Crippen LogP contribution in [0.15, 0.2) is 5.16 Å². The van der Waals surface area contributed by atoms with E-state index >= 15 is 0 Å². The van der Waals surface area contributed by atoms with Gasteiger partial charge in [-0.05, 0) is 0 Å². The number of carbonyl (C=O) groups is 3. The average Bonchev–Trinajstić information content (AvgIpc) is 2.22. The molecule has 0 aromatic heterocycles. The zero-order chi connectivity index (χ0) is 11.8. The van der Waals surface area contributed by atoms with E-state index in [0.29, 0.717) is 0 Å². The molecule has 0 heterocycles. The molecule has 0 fully saturated rings. The first-order valence-electron chi connectivity index (χ1n) is 3.62. The van der Waals surface area contributed by atoms with Crippen LogP contribution >= 0.6 is 11.6 Å². The van der Waals surface area contributed by atoms with Gasteiger partial charge < -0.3 is 14.7 Å². The van der Waals surface area contributed by atoms with Gasteiger partial charge in [0.2, 0.25) is 18.1 Å². The monoisotopic (exact) mass is 237 g/mol. The van der Waals surface area contributed by atoms with Gasteiger partial charge in [0.15, 0.2) is 0 Å². The van der Waals surface area contributed by atoms with Crippen molar-refractivity contribution >= 4 is 35.0 Å². The zero-order valence-electron chi connectivity index (χ0n) is 7.73. The summed E-state index contributed by atoms with van der Waals surface area (Å²) in [6.07, 6.45) is 0. The predicted molar refractivity (Wildman–Crippen MR) is 48.8 cm³/mol. The van der Waals surface area contributed by atoms with E-state index < -0.39 is 35.9 Å². The van der Waals surface area contributed by atoms with Crippen molar-refractivity contribution in [3.05, 3.63) is 0 Å². The molecule has 0 atom stereocenters. The first-order chi connectivity index (χ1) is 7.02. The molecule has 0 aliphatic carbocycles. The smallest absolute Gasteiger partial charge is 0.361 e. The lowest BCUT2D eigenvalue weighted by atomic mass is 10.3. The molecule has 0 aromatic rings. The van der Waals surface area contributed by atoms with Crippen LogP contribution in [0, 0.1) is 0 Å². The number of ether oxygens (including phenoxy) is 1. The molecule has 0 amide bonds. The Morgan fingerprint density at radius 1 is 1.40 bits per heavy atom. The molecule has 0 spiro atoms. The summed E-state index contributed by atoms with van der Waals surface area (Å²) in [4.78, 5) is 36.1. The normalized spacial score (nSPS) is 10.7. The Kier molecular flexibility index (Phi) is 6.03. The maximum absolute atomic E-state index is 10.9. The van der Waals surface area contributed by atoms with Gasteiger partial charge in [-0.25, -0.2) is 9.59 Å². The Labute approximate surface area is 89.6 Å². The van der Waals surface area contributed by atoms with Crippen LogP contribution < -0.4 is 0 Å². The highest BCUT2D eigenvalue weighted by Crippen LogP contribution is 1.89. The number of alkyl halides is 1. The molecule has 0 aliphatic heterocycles. The van der Waals surface area contributed by atoms with Gasteiger partial charge >= 0.3 is 11.9 Å². The summed E-state index contributed by atoms with van der Waals surface area (Å²) in [5.41, 5.74) is -0.867. The van der Waals surface area contributed by atoms with Crippen LogP contribution in [0.25, 0.3) is 0 Å². The SMILES string of the molecule is COC(=O)CO/N=C(/C(=O)O)C(=O)CCl. The van der Waals surface area contributed by atoms with Gasteiger partial charge in [0.05, 0.1) is 13.0 Å². The van der Waals surface area contributed by atoms with Crippen molar-refractivity contribution in [2.75, 3.05) is 19.6 Å². The van der Waals surface area contributed by atoms with Crippen molar-refractivity contribution < 1.29 is 29.1 Å². The average molecular weight is 238 g/mol. The third-order valence-electron chi connectivity index (χ3n) is 1.15. The van der Waals surface area contributed by atoms with E-state index in [9.17, 15) is 14.4 Å². The zero-order valence-corrected chi connectivity index (χ0v) is 8.48. The number of carboxylic acids is 1. The lowest BCUT2D eigenvalue weighted by Gasteiger charge is -1.99. The van der Waals surface area contributed by atoms with Crippen LogP contribution in [0.4, 0.5) is 0 Å². The molecule has 0 aliphatic rings. The molecular weight excluding hydrogens is 230 g/mol. The van der Waals surface area contributed by atoms with Gasteiger partial charge in [-0.15, -0.1) is 11.6 Å². The van der Waals surface area contributed by atoms with Crippen LogP contribution in [0.1, 0.15) is 0 Å². The molecule has 0 unspecified atom stereocenters. The Bertz CT molecular complexity index is 300. The van der Waals surface area contributed by atoms with Crippen molar-refractivity contribution in [1.82, 2.24) is 0 Å². The Hall–Kier alpha value is -1.63. The number of hydrogen-bond donors (Lipinski definition) is 1. The fraction of sp³-hybridized carbons (Fsp3) is 0.429. The molecule has 0 bridgehead atoms. The van der Waals surface area contributed by atoms with E-state index in [1.54, 1.807) is 0 Å². The number of aliphatic carboxylic acids is 1. The summed E-state index contributed by atoms with van der Waals surface area (Å²) in [6.45, 7) is -0.581. The number of carboxylic acid groups (broad SMARTS) is 1. The Morgan fingerprint density at radius 3 is 2.40 bits per heavy atom. The summed E-state index contributed by atoms with van der Waals surface area (Å²) in [6, 6.07) is 0. The third-order valence-corrected chi connectivity index (χ3v) is 1.40. The molecule has 0 saturated heterocycles. The Balaban J connectivity index is 4.38. The highest BCUT2D eigenvalue weighted by atomic mass is 35.5. The number of oxime groups is 1. The molecule has 0 aromatic carbocycles. The summed E-state index contributed by atoms with van der Waals surface area (Å²) in [5, 5.41) is 11.5. The molecule has 0 rings (SSSR count). The topological polar surface area (TPSA) is 102 Å². The van der Waals surface area contributed by atoms with E-state index in [2.05, 4.69) is 14.7 Å². The number of carbonyl (C=O) groups excluding carboxylic acids is 2. The van der Waals surface area contributed by atoms with Gasteiger partial charge in [0.1, 0.15) is 0 Å². The molecule has 7 nitrogen and oxygen atoms in total. The maximum atomic E-state index is 10.9. The minimum Gasteiger partial charge on any atom is -0.476 e. The number of rotatable bonds is 6. The minimum atomic E-state index is -1.58. The van der Waals surface area contributed by atoms with Crippen molar-refractivity contribution in [1.29, 1.82) is 0 Å². The quantitative estimate of drug-likeness (QED) is 0.218. The third kappa shape index (κ3) is 4.96. The van der Waals surface area contributed by atoms with Crippen LogP contribution in [0.3, 0.4) is 0 Å². The van der Waals surface area contributed by atoms with Gasteiger partial charge in [0, 0.05) is 0 Å². The summed E-state index contributed by atoms with van der Waals surface area (Å²) >= 11 is 5.12. The Morgan fingerprint density at radius 2 is 2.00 bits per heavy atom. The van der Waals surface area contributed by atoms with E-state index in [0.717, 1.165) is 7.11 Å². The molecule has 0 radical (unpaired) electrons. The van der Waals surface area contributed by atoms with Crippen molar-refractivity contribution in [2.45, 2.75) is 0 Å². The molecular formula is C7H8ClNO6. The standard InChI is InChI=1S/C7H8ClNO6/c1-14-5(11)3-15-9-6(7(12)13)4(10)2-8/h2-3H2,1H3,(H,12,13)/b9-6+. The minimum absolute atomic E-state index is 0.535. The maximum Gasteiger partial charge on any atom is 0.361 e. The van der Waals surface area contributed by atoms with E-state index in [4.69, 9.17) is 16.7 Å². The second-order valence-corrected chi connectivity index (χ2v) is 2.42. The molecule has 1 N–H and O–H groups in total. The number of Topliss-reactive ketones (excluding diaryl/α,β-unsaturated/α-hetero) is 1. The molecule has 15 heavy (non-hydrogen) atoms. The summed E-state index contributed by atoms with van der Waals surface area (Å²) in [5.74, 6) is -3.77. The van der Waals surface area contributed by atoms with E-state index in [-0.39, 0.29) is 0 Å². The fourth-order valence-corrected chi connectivity index (χ4v) is 0.608. The number of halogens is 1. The summed E-state index contributed by atoms with van der Waals surface area (Å²) in [7, 11) is 1.12. The van der Waals surface area contributed by atoms with Gasteiger partial charge in [-0.2, -0.15) is 0 Å². The van der Waals surface area contributed by atoms with Crippen LogP contribution in [-0.4, -0.2) is 48.1 Å². The fourth-order valence-electron chi connectivity index (χ4n) is 0.481. The first-order valence-corrected chi connectivity index (χ1v) is 4.15. The van der Waals surface area contributed by atoms with Crippen LogP contribution in [0.5, 0.6) is 0 Å². The predicted octanol–water partition coefficient (Wildman–Crippen LogP) is -0.575. The van der Waals surface area contributed by atoms with Crippen molar-refractivity contribution in [3.8, 4) is 0 Å². The number of methoxy groups -OCH3 is 1. The van der Waals surface area contributed by atoms with Gasteiger partial charge in [-0.3, -0.25) is 4.79 Å². The van der Waals surface area contributed by atoms with E-state index in [1.807, 2.05) is 0 Å². The number of hydrogen-bond acceptors (Lipinski definition) is 6. The highest BCUT2D eigenvalue weighted by Gasteiger charge is 2.19. The van der Waals surface area contributed by atoms with E-state index in [1.165, 1.54) is 0 Å². The second-order valence-electron chi connectivity index (χ2n) is 2.15. The number of ketones is 1. The molecule has 0 saturated carbocycles. The first kappa shape index (κ1) is 13.4. The van der Waals surface area contributed by atoms with Crippen molar-refractivity contribution in [3.63, 3.8) is 0 Å². The number of esters is 1. The lowest BCUT2D eigenvalue weighted by Crippen LogP contribution is -2.25. The van der Waals surface area contributed by atoms with Crippen LogP contribution in [0.2, 0.25) is 0 Å². The largest absolute Gasteiger partial charge is 0.476 e. The molecule has 84 valence electrons. The number of nitrogens with zero attached hydrogens (tertiary/aromatic N) is 1. The van der Waals surface area contributed by atoms with Gasteiger partial charge in [-0.1, -0.05) is 5.16 Å². The summed E-state index contributed by atoms with van der Waals surface area (Å²) < 4.78 is 4.19. The van der Waals surface area contributed by atoms with Gasteiger partial charge in [0.25, 0.3) is 0 Å². The highest BCUT2D eigenvalue weighted by molar-refractivity contribution is 6.67. The second kappa shape index (κ2) is 6.77. The molecule has 8 heteroatoms. The van der Waals surface area contributed by atoms with Crippen LogP contribution in [-0.2, 0) is 24.0 Å². The van der Waals surface area contributed by atoms with Crippen molar-refractivity contribution in [2.24, 2.45) is 5.16 Å².